The van der Waals surface area contributed by atoms with Crippen LogP contribution in [-0.4, -0.2) is 23.9 Å². The Labute approximate surface area is 156 Å². The number of hydrogen-bond donors (Lipinski definition) is 1. The van der Waals surface area contributed by atoms with Gasteiger partial charge in [0.2, 0.25) is 5.91 Å². The molecule has 2 aromatic carbocycles. The predicted molar refractivity (Wildman–Crippen MR) is 99.5 cm³/mol. The highest BCUT2D eigenvalue weighted by atomic mass is 35.5. The molecule has 1 atom stereocenters. The van der Waals surface area contributed by atoms with Crippen molar-refractivity contribution >= 4 is 34.8 Å². The van der Waals surface area contributed by atoms with Crippen molar-refractivity contribution in [1.29, 1.82) is 0 Å². The molecule has 0 spiro atoms. The van der Waals surface area contributed by atoms with Crippen molar-refractivity contribution in [1.82, 2.24) is 4.90 Å². The molecule has 1 N–H and O–H groups in total. The van der Waals surface area contributed by atoms with Crippen molar-refractivity contribution in [2.75, 3.05) is 18.4 Å². The Balaban J connectivity index is 1.65. The van der Waals surface area contributed by atoms with Crippen molar-refractivity contribution in [3.63, 3.8) is 0 Å². The van der Waals surface area contributed by atoms with Gasteiger partial charge in [0.1, 0.15) is 5.82 Å². The molecule has 2 aromatic rings. The summed E-state index contributed by atoms with van der Waals surface area (Å²) in [5.74, 6) is -0.763. The van der Waals surface area contributed by atoms with Gasteiger partial charge < -0.3 is 5.32 Å². The van der Waals surface area contributed by atoms with Gasteiger partial charge in [0.25, 0.3) is 0 Å². The summed E-state index contributed by atoms with van der Waals surface area (Å²) >= 11 is 12.5. The number of rotatable bonds is 4. The van der Waals surface area contributed by atoms with E-state index < -0.39 is 5.82 Å². The van der Waals surface area contributed by atoms with Crippen molar-refractivity contribution in [3.8, 4) is 0 Å². The quantitative estimate of drug-likeness (QED) is 0.810. The second-order valence-electron chi connectivity index (χ2n) is 6.24. The molecule has 0 radical (unpaired) electrons. The lowest BCUT2D eigenvalue weighted by molar-refractivity contribution is -0.121. The maximum atomic E-state index is 13.7. The van der Waals surface area contributed by atoms with Gasteiger partial charge in [0, 0.05) is 28.7 Å². The zero-order valence-corrected chi connectivity index (χ0v) is 15.2. The molecular weight excluding hydrogens is 362 g/mol. The van der Waals surface area contributed by atoms with Crippen molar-refractivity contribution in [2.24, 2.45) is 5.92 Å². The van der Waals surface area contributed by atoms with Gasteiger partial charge in [0.05, 0.1) is 11.6 Å². The molecule has 1 aliphatic rings. The highest BCUT2D eigenvalue weighted by molar-refractivity contribution is 6.35. The third kappa shape index (κ3) is 4.51. The molecule has 0 unspecified atom stereocenters. The molecule has 3 nitrogen and oxygen atoms in total. The van der Waals surface area contributed by atoms with Crippen LogP contribution in [-0.2, 0) is 11.3 Å². The predicted octanol–water partition coefficient (Wildman–Crippen LogP) is 4.98. The molecule has 1 fully saturated rings. The van der Waals surface area contributed by atoms with Gasteiger partial charge in [-0.15, -0.1) is 0 Å². The normalized spacial score (nSPS) is 18.1. The Morgan fingerprint density at radius 1 is 1.16 bits per heavy atom. The number of carbonyl (C=O) groups is 1. The number of benzene rings is 2. The molecule has 132 valence electrons. The molecule has 1 aliphatic heterocycles. The van der Waals surface area contributed by atoms with Crippen LogP contribution in [0.4, 0.5) is 10.1 Å². The molecule has 3 rings (SSSR count). The number of carbonyl (C=O) groups excluding carboxylic acids is 1. The van der Waals surface area contributed by atoms with Crippen LogP contribution in [0.2, 0.25) is 10.0 Å². The largest absolute Gasteiger partial charge is 0.323 e. The second kappa shape index (κ2) is 8.17. The van der Waals surface area contributed by atoms with Crippen LogP contribution in [0, 0.1) is 11.7 Å². The minimum Gasteiger partial charge on any atom is -0.323 e. The van der Waals surface area contributed by atoms with Crippen LogP contribution < -0.4 is 5.32 Å². The Morgan fingerprint density at radius 3 is 2.60 bits per heavy atom. The molecule has 0 aromatic heterocycles. The molecule has 1 amide bonds. The molecule has 0 bridgehead atoms. The van der Waals surface area contributed by atoms with E-state index in [2.05, 4.69) is 10.2 Å². The van der Waals surface area contributed by atoms with Crippen LogP contribution in [0.25, 0.3) is 0 Å². The van der Waals surface area contributed by atoms with Crippen molar-refractivity contribution in [3.05, 3.63) is 63.9 Å². The summed E-state index contributed by atoms with van der Waals surface area (Å²) in [7, 11) is 0. The number of halogens is 3. The summed E-state index contributed by atoms with van der Waals surface area (Å²) in [6.45, 7) is 2.08. The van der Waals surface area contributed by atoms with E-state index in [1.807, 2.05) is 18.2 Å². The maximum Gasteiger partial charge on any atom is 0.228 e. The summed E-state index contributed by atoms with van der Waals surface area (Å²) in [6, 6.07) is 11.6. The Hall–Kier alpha value is -1.62. The van der Waals surface area contributed by atoms with Gasteiger partial charge in [-0.1, -0.05) is 41.4 Å². The van der Waals surface area contributed by atoms with Crippen molar-refractivity contribution < 1.29 is 9.18 Å². The van der Waals surface area contributed by atoms with Crippen LogP contribution >= 0.6 is 23.2 Å². The zero-order valence-electron chi connectivity index (χ0n) is 13.6. The SMILES string of the molecule is O=C(Nc1ccccc1F)[C@H]1CCCN(Cc2c(Cl)cccc2Cl)C1. The monoisotopic (exact) mass is 380 g/mol. The molecule has 1 heterocycles. The van der Waals surface area contributed by atoms with E-state index >= 15 is 0 Å². The van der Waals surface area contributed by atoms with Gasteiger partial charge in [-0.2, -0.15) is 0 Å². The van der Waals surface area contributed by atoms with Crippen LogP contribution in [0.15, 0.2) is 42.5 Å². The maximum absolute atomic E-state index is 13.7. The zero-order chi connectivity index (χ0) is 17.8. The summed E-state index contributed by atoms with van der Waals surface area (Å²) < 4.78 is 13.7. The fourth-order valence-corrected chi connectivity index (χ4v) is 3.63. The fourth-order valence-electron chi connectivity index (χ4n) is 3.12. The highest BCUT2D eigenvalue weighted by Crippen LogP contribution is 2.28. The molecule has 0 aliphatic carbocycles. The lowest BCUT2D eigenvalue weighted by atomic mass is 9.96. The molecule has 0 saturated carbocycles. The number of hydrogen-bond acceptors (Lipinski definition) is 2. The highest BCUT2D eigenvalue weighted by Gasteiger charge is 2.27. The number of amides is 1. The van der Waals surface area contributed by atoms with Crippen LogP contribution in [0.5, 0.6) is 0 Å². The first kappa shape index (κ1) is 18.2. The average molecular weight is 381 g/mol. The average Bonchev–Trinajstić information content (AvgIpc) is 2.60. The number of piperidine rings is 1. The van der Waals surface area contributed by atoms with E-state index in [-0.39, 0.29) is 17.5 Å². The molecule has 1 saturated heterocycles. The van der Waals surface area contributed by atoms with E-state index in [1.54, 1.807) is 18.2 Å². The number of anilines is 1. The summed E-state index contributed by atoms with van der Waals surface area (Å²) in [6.07, 6.45) is 1.68. The minimum absolute atomic E-state index is 0.153. The number of nitrogens with zero attached hydrogens (tertiary/aromatic N) is 1. The topological polar surface area (TPSA) is 32.3 Å². The van der Waals surface area contributed by atoms with E-state index in [9.17, 15) is 9.18 Å². The van der Waals surface area contributed by atoms with Gasteiger partial charge in [-0.05, 0) is 43.7 Å². The number of likely N-dealkylation sites (tertiary alicyclic amines) is 1. The summed E-state index contributed by atoms with van der Waals surface area (Å²) in [5.41, 5.74) is 1.10. The first-order valence-electron chi connectivity index (χ1n) is 8.25. The first-order valence-corrected chi connectivity index (χ1v) is 9.01. The third-order valence-corrected chi connectivity index (χ3v) is 5.16. The third-order valence-electron chi connectivity index (χ3n) is 4.45. The lowest BCUT2D eigenvalue weighted by Crippen LogP contribution is -2.40. The van der Waals surface area contributed by atoms with E-state index in [0.717, 1.165) is 24.9 Å². The smallest absolute Gasteiger partial charge is 0.228 e. The minimum atomic E-state index is -0.425. The van der Waals surface area contributed by atoms with Crippen LogP contribution in [0.3, 0.4) is 0 Å². The molecule has 25 heavy (non-hydrogen) atoms. The second-order valence-corrected chi connectivity index (χ2v) is 7.06. The molecule has 6 heteroatoms. The standard InChI is InChI=1S/C19H19Cl2FN2O/c20-15-6-3-7-16(21)14(15)12-24-10-4-5-13(11-24)19(25)23-18-9-2-1-8-17(18)22/h1-3,6-9,13H,4-5,10-12H2,(H,23,25)/t13-/m0/s1. The summed E-state index contributed by atoms with van der Waals surface area (Å²) in [5, 5.41) is 3.95. The van der Waals surface area contributed by atoms with Gasteiger partial charge in [0.15, 0.2) is 0 Å². The first-order chi connectivity index (χ1) is 12.0. The van der Waals surface area contributed by atoms with Gasteiger partial charge in [-0.3, -0.25) is 9.69 Å². The molecular formula is C19H19Cl2FN2O. The number of nitrogens with one attached hydrogen (secondary N) is 1. The Morgan fingerprint density at radius 2 is 1.88 bits per heavy atom. The van der Waals surface area contributed by atoms with Gasteiger partial charge >= 0.3 is 0 Å². The lowest BCUT2D eigenvalue weighted by Gasteiger charge is -2.32. The van der Waals surface area contributed by atoms with Crippen LogP contribution in [0.1, 0.15) is 18.4 Å². The van der Waals surface area contributed by atoms with Crippen molar-refractivity contribution in [2.45, 2.75) is 19.4 Å². The van der Waals surface area contributed by atoms with Gasteiger partial charge in [-0.25, -0.2) is 4.39 Å². The van der Waals surface area contributed by atoms with E-state index in [1.165, 1.54) is 6.07 Å². The van der Waals surface area contributed by atoms with E-state index in [4.69, 9.17) is 23.2 Å². The van der Waals surface area contributed by atoms with E-state index in [0.29, 0.717) is 23.1 Å². The Bertz CT molecular complexity index is 749. The summed E-state index contributed by atoms with van der Waals surface area (Å²) in [4.78, 5) is 14.7. The Kier molecular flexibility index (Phi) is 5.94. The fraction of sp³-hybridized carbons (Fsp3) is 0.316. The number of para-hydroxylation sites is 1.